The van der Waals surface area contributed by atoms with Gasteiger partial charge in [0.05, 0.1) is 5.52 Å². The number of para-hydroxylation sites is 1. The van der Waals surface area contributed by atoms with Crippen LogP contribution in [0.2, 0.25) is 0 Å². The molecule has 0 saturated heterocycles. The number of hydrogen-bond acceptors (Lipinski definition) is 3. The van der Waals surface area contributed by atoms with E-state index in [-0.39, 0.29) is 0 Å². The van der Waals surface area contributed by atoms with Crippen molar-refractivity contribution in [2.45, 2.75) is 33.2 Å². The van der Waals surface area contributed by atoms with Crippen molar-refractivity contribution in [2.75, 3.05) is 0 Å². The van der Waals surface area contributed by atoms with Crippen molar-refractivity contribution in [3.05, 3.63) is 40.8 Å². The van der Waals surface area contributed by atoms with Gasteiger partial charge in [-0.1, -0.05) is 31.5 Å². The highest BCUT2D eigenvalue weighted by Gasteiger charge is 2.13. The Morgan fingerprint density at radius 2 is 2.10 bits per heavy atom. The number of unbranched alkanes of at least 4 members (excludes halogenated alkanes) is 1. The van der Waals surface area contributed by atoms with E-state index < -0.39 is 0 Å². The van der Waals surface area contributed by atoms with Crippen LogP contribution in [0.25, 0.3) is 22.3 Å². The van der Waals surface area contributed by atoms with Crippen LogP contribution in [0, 0.1) is 11.7 Å². The van der Waals surface area contributed by atoms with Gasteiger partial charge in [-0.15, -0.1) is 0 Å². The second kappa shape index (κ2) is 5.77. The Bertz CT molecular complexity index is 832. The van der Waals surface area contributed by atoms with Crippen molar-refractivity contribution >= 4 is 23.1 Å². The van der Waals surface area contributed by atoms with Crippen LogP contribution in [0.1, 0.15) is 25.5 Å². The van der Waals surface area contributed by atoms with Crippen molar-refractivity contribution in [1.29, 1.82) is 0 Å². The van der Waals surface area contributed by atoms with Gasteiger partial charge >= 0.3 is 0 Å². The number of aryl methyl sites for hydroxylation is 1. The molecule has 0 spiro atoms. The maximum absolute atomic E-state index is 5.37. The first-order valence-electron chi connectivity index (χ1n) is 7.22. The highest BCUT2D eigenvalue weighted by Crippen LogP contribution is 2.27. The average Bonchev–Trinajstić information content (AvgIpc) is 2.85. The molecular weight excluding hydrogens is 280 g/mol. The van der Waals surface area contributed by atoms with Gasteiger partial charge in [-0.2, -0.15) is 5.10 Å². The zero-order chi connectivity index (χ0) is 14.8. The van der Waals surface area contributed by atoms with Gasteiger partial charge in [0, 0.05) is 23.2 Å². The van der Waals surface area contributed by atoms with Gasteiger partial charge in [0.25, 0.3) is 0 Å². The molecule has 2 heterocycles. The summed E-state index contributed by atoms with van der Waals surface area (Å²) in [7, 11) is 0. The molecule has 3 aromatic rings. The molecule has 0 saturated carbocycles. The van der Waals surface area contributed by atoms with Gasteiger partial charge in [0.15, 0.2) is 10.6 Å². The molecule has 108 valence electrons. The summed E-state index contributed by atoms with van der Waals surface area (Å²) in [6.45, 7) is 5.07. The number of rotatable bonds is 4. The molecule has 0 aliphatic rings. The topological polar surface area (TPSA) is 46.5 Å². The van der Waals surface area contributed by atoms with E-state index in [1.807, 2.05) is 25.1 Å². The van der Waals surface area contributed by atoms with E-state index in [0.717, 1.165) is 47.4 Å². The Morgan fingerprint density at radius 3 is 2.90 bits per heavy atom. The van der Waals surface area contributed by atoms with Crippen LogP contribution in [-0.2, 0) is 6.54 Å². The molecule has 1 aromatic carbocycles. The van der Waals surface area contributed by atoms with E-state index >= 15 is 0 Å². The molecule has 0 aliphatic carbocycles. The van der Waals surface area contributed by atoms with Crippen LogP contribution in [0.5, 0.6) is 0 Å². The van der Waals surface area contributed by atoms with Gasteiger partial charge < -0.3 is 4.57 Å². The lowest BCUT2D eigenvalue weighted by Gasteiger charge is -2.09. The van der Waals surface area contributed by atoms with Crippen molar-refractivity contribution in [2.24, 2.45) is 0 Å². The van der Waals surface area contributed by atoms with Crippen LogP contribution in [-0.4, -0.2) is 19.7 Å². The smallest absolute Gasteiger partial charge is 0.195 e. The molecule has 3 rings (SSSR count). The Kier molecular flexibility index (Phi) is 3.84. The maximum atomic E-state index is 5.37. The first kappa shape index (κ1) is 13.9. The van der Waals surface area contributed by atoms with Crippen molar-refractivity contribution in [3.63, 3.8) is 0 Å². The Hall–Kier alpha value is -2.01. The highest BCUT2D eigenvalue weighted by atomic mass is 32.1. The summed E-state index contributed by atoms with van der Waals surface area (Å²) in [6, 6.07) is 10.2. The summed E-state index contributed by atoms with van der Waals surface area (Å²) < 4.78 is 2.76. The normalized spacial score (nSPS) is 11.1. The Morgan fingerprint density at radius 1 is 1.29 bits per heavy atom. The second-order valence-corrected chi connectivity index (χ2v) is 5.57. The fourth-order valence-corrected chi connectivity index (χ4v) is 2.76. The number of aromatic nitrogens is 4. The largest absolute Gasteiger partial charge is 0.300 e. The van der Waals surface area contributed by atoms with Gasteiger partial charge in [0.2, 0.25) is 0 Å². The third kappa shape index (κ3) is 2.61. The number of hydrogen-bond donors (Lipinski definition) is 1. The number of nitrogens with one attached hydrogen (secondary N) is 1. The molecule has 2 aromatic heterocycles. The Balaban J connectivity index is 2.23. The summed E-state index contributed by atoms with van der Waals surface area (Å²) in [5, 5.41) is 8.48. The van der Waals surface area contributed by atoms with Gasteiger partial charge in [-0.05, 0) is 37.7 Å². The first-order chi connectivity index (χ1) is 10.2. The molecule has 0 aliphatic heterocycles. The zero-order valence-corrected chi connectivity index (χ0v) is 13.1. The number of benzene rings is 1. The predicted molar refractivity (Wildman–Crippen MR) is 87.8 cm³/mol. The second-order valence-electron chi connectivity index (χ2n) is 5.19. The molecule has 0 atom stereocenters. The lowest BCUT2D eigenvalue weighted by atomic mass is 10.1. The summed E-state index contributed by atoms with van der Waals surface area (Å²) in [5.41, 5.74) is 3.06. The number of nitrogens with zero attached hydrogens (tertiary/aromatic N) is 3. The van der Waals surface area contributed by atoms with E-state index in [1.165, 1.54) is 0 Å². The number of H-pyrrole nitrogens is 1. The summed E-state index contributed by atoms with van der Waals surface area (Å²) >= 11 is 5.37. The van der Waals surface area contributed by atoms with Gasteiger partial charge in [-0.25, -0.2) is 0 Å². The highest BCUT2D eigenvalue weighted by molar-refractivity contribution is 7.71. The lowest BCUT2D eigenvalue weighted by molar-refractivity contribution is 0.629. The van der Waals surface area contributed by atoms with E-state index in [9.17, 15) is 0 Å². The van der Waals surface area contributed by atoms with Crippen molar-refractivity contribution in [1.82, 2.24) is 19.7 Å². The molecule has 1 N–H and O–H groups in total. The molecule has 0 radical (unpaired) electrons. The minimum Gasteiger partial charge on any atom is -0.300 e. The molecule has 4 nitrogen and oxygen atoms in total. The summed E-state index contributed by atoms with van der Waals surface area (Å²) in [5.74, 6) is 0.898. The molecular formula is C16H18N4S. The monoisotopic (exact) mass is 298 g/mol. The van der Waals surface area contributed by atoms with Crippen LogP contribution in [0.4, 0.5) is 0 Å². The number of aromatic amines is 1. The quantitative estimate of drug-likeness (QED) is 0.732. The van der Waals surface area contributed by atoms with Crippen LogP contribution >= 0.6 is 12.2 Å². The van der Waals surface area contributed by atoms with Crippen LogP contribution < -0.4 is 0 Å². The molecule has 21 heavy (non-hydrogen) atoms. The number of fused-ring (bicyclic) bond motifs is 1. The minimum absolute atomic E-state index is 0.678. The predicted octanol–water partition coefficient (Wildman–Crippen LogP) is 4.26. The molecule has 5 heteroatoms. The summed E-state index contributed by atoms with van der Waals surface area (Å²) in [6.07, 6.45) is 2.21. The fraction of sp³-hybridized carbons (Fsp3) is 0.312. The number of pyridine rings is 1. The van der Waals surface area contributed by atoms with E-state index in [4.69, 9.17) is 12.2 Å². The average molecular weight is 298 g/mol. The van der Waals surface area contributed by atoms with Crippen molar-refractivity contribution < 1.29 is 0 Å². The van der Waals surface area contributed by atoms with Gasteiger partial charge in [0.1, 0.15) is 0 Å². The van der Waals surface area contributed by atoms with Crippen LogP contribution in [0.3, 0.4) is 0 Å². The maximum Gasteiger partial charge on any atom is 0.195 e. The van der Waals surface area contributed by atoms with Crippen molar-refractivity contribution in [3.8, 4) is 11.4 Å². The Labute approximate surface area is 128 Å². The molecule has 0 fully saturated rings. The first-order valence-corrected chi connectivity index (χ1v) is 7.63. The molecule has 0 unspecified atom stereocenters. The molecule has 0 bridgehead atoms. The standard InChI is InChI=1S/C16H18N4S/c1-3-4-9-20-15(18-19-16(20)21)13-10-11(2)17-14-8-6-5-7-12(13)14/h5-8,10H,3-4,9H2,1-2H3,(H,19,21). The minimum atomic E-state index is 0.678. The van der Waals surface area contributed by atoms with Crippen LogP contribution in [0.15, 0.2) is 30.3 Å². The molecule has 0 amide bonds. The van der Waals surface area contributed by atoms with E-state index in [1.54, 1.807) is 0 Å². The third-order valence-electron chi connectivity index (χ3n) is 3.58. The SMILES string of the molecule is CCCCn1c(-c2cc(C)nc3ccccc23)n[nH]c1=S. The zero-order valence-electron chi connectivity index (χ0n) is 12.3. The third-order valence-corrected chi connectivity index (χ3v) is 3.89. The fourth-order valence-electron chi connectivity index (χ4n) is 2.54. The van der Waals surface area contributed by atoms with E-state index in [2.05, 4.69) is 38.8 Å². The van der Waals surface area contributed by atoms with E-state index in [0.29, 0.717) is 4.77 Å². The lowest BCUT2D eigenvalue weighted by Crippen LogP contribution is -2.02. The summed E-state index contributed by atoms with van der Waals surface area (Å²) in [4.78, 5) is 4.59. The van der Waals surface area contributed by atoms with Gasteiger partial charge in [-0.3, -0.25) is 10.1 Å².